The number of rotatable bonds is 2. The van der Waals surface area contributed by atoms with Gasteiger partial charge in [0, 0.05) is 5.70 Å². The van der Waals surface area contributed by atoms with Gasteiger partial charge in [-0.1, -0.05) is 6.08 Å². The quantitative estimate of drug-likeness (QED) is 0.730. The van der Waals surface area contributed by atoms with E-state index in [1.165, 1.54) is 18.5 Å². The molecule has 0 radical (unpaired) electrons. The Morgan fingerprint density at radius 3 is 2.54 bits per heavy atom. The van der Waals surface area contributed by atoms with Crippen molar-refractivity contribution in [1.82, 2.24) is 4.72 Å². The summed E-state index contributed by atoms with van der Waals surface area (Å²) in [5.74, 6) is 0. The smallest absolute Gasteiger partial charge is 0.122 e. The van der Waals surface area contributed by atoms with Crippen LogP contribution < -0.4 is 4.72 Å². The second kappa shape index (κ2) is 4.27. The van der Waals surface area contributed by atoms with E-state index in [1.54, 1.807) is 0 Å². The standard InChI is InChI=1S/C10H19NOS/c1-10(2,3)13(12)11-9-7-5-4-6-8-9/h7,11H,4-6,8H2,1-3H3. The van der Waals surface area contributed by atoms with Crippen LogP contribution >= 0.6 is 0 Å². The van der Waals surface area contributed by atoms with Crippen LogP contribution in [0.5, 0.6) is 0 Å². The van der Waals surface area contributed by atoms with Crippen LogP contribution in [0.25, 0.3) is 0 Å². The van der Waals surface area contributed by atoms with E-state index in [0.717, 1.165) is 12.8 Å². The molecule has 0 aliphatic heterocycles. The van der Waals surface area contributed by atoms with Gasteiger partial charge in [0.2, 0.25) is 0 Å². The molecule has 2 nitrogen and oxygen atoms in total. The molecule has 0 aromatic rings. The largest absolute Gasteiger partial charge is 0.309 e. The second-order valence-corrected chi connectivity index (χ2v) is 6.42. The maximum atomic E-state index is 11.7. The molecule has 1 rings (SSSR count). The Kier molecular flexibility index (Phi) is 3.54. The van der Waals surface area contributed by atoms with Crippen molar-refractivity contribution in [1.29, 1.82) is 0 Å². The Labute approximate surface area is 83.4 Å². The molecule has 76 valence electrons. The summed E-state index contributed by atoms with van der Waals surface area (Å²) in [5, 5.41) is 0. The summed E-state index contributed by atoms with van der Waals surface area (Å²) >= 11 is 0. The van der Waals surface area contributed by atoms with Crippen molar-refractivity contribution in [3.8, 4) is 0 Å². The topological polar surface area (TPSA) is 29.1 Å². The summed E-state index contributed by atoms with van der Waals surface area (Å²) in [6, 6.07) is 0. The summed E-state index contributed by atoms with van der Waals surface area (Å²) in [4.78, 5) is 0. The van der Waals surface area contributed by atoms with Crippen LogP contribution in [0.1, 0.15) is 46.5 Å². The van der Waals surface area contributed by atoms with E-state index >= 15 is 0 Å². The van der Waals surface area contributed by atoms with Crippen molar-refractivity contribution in [2.75, 3.05) is 0 Å². The fourth-order valence-electron chi connectivity index (χ4n) is 1.20. The molecule has 0 bridgehead atoms. The average molecular weight is 201 g/mol. The Morgan fingerprint density at radius 2 is 2.08 bits per heavy atom. The van der Waals surface area contributed by atoms with Crippen LogP contribution in [0.15, 0.2) is 11.8 Å². The minimum atomic E-state index is -0.953. The van der Waals surface area contributed by atoms with Gasteiger partial charge in [-0.15, -0.1) is 0 Å². The van der Waals surface area contributed by atoms with E-state index in [2.05, 4.69) is 10.8 Å². The maximum absolute atomic E-state index is 11.7. The number of allylic oxidation sites excluding steroid dienone is 2. The molecule has 1 aliphatic carbocycles. The fraction of sp³-hybridized carbons (Fsp3) is 0.800. The summed E-state index contributed by atoms with van der Waals surface area (Å²) in [6.45, 7) is 5.96. The SMILES string of the molecule is CC(C)(C)S(=O)NC1=CCCCC1. The van der Waals surface area contributed by atoms with Gasteiger partial charge in [0.05, 0.1) is 4.75 Å². The summed E-state index contributed by atoms with van der Waals surface area (Å²) in [6.07, 6.45) is 6.85. The summed E-state index contributed by atoms with van der Waals surface area (Å²) in [7, 11) is -0.953. The Bertz CT molecular complexity index is 228. The van der Waals surface area contributed by atoms with Crippen molar-refractivity contribution in [3.63, 3.8) is 0 Å². The monoisotopic (exact) mass is 201 g/mol. The van der Waals surface area contributed by atoms with E-state index < -0.39 is 11.0 Å². The molecule has 0 saturated heterocycles. The van der Waals surface area contributed by atoms with E-state index in [1.807, 2.05) is 20.8 Å². The Balaban J connectivity index is 2.49. The first kappa shape index (κ1) is 10.8. The van der Waals surface area contributed by atoms with E-state index in [-0.39, 0.29) is 4.75 Å². The minimum Gasteiger partial charge on any atom is -0.309 e. The molecule has 1 unspecified atom stereocenters. The van der Waals surface area contributed by atoms with Gasteiger partial charge in [0.1, 0.15) is 11.0 Å². The van der Waals surface area contributed by atoms with Gasteiger partial charge >= 0.3 is 0 Å². The van der Waals surface area contributed by atoms with Crippen LogP contribution in [0, 0.1) is 0 Å². The highest BCUT2D eigenvalue weighted by Crippen LogP contribution is 2.17. The highest BCUT2D eigenvalue weighted by Gasteiger charge is 2.20. The zero-order valence-electron chi connectivity index (χ0n) is 8.72. The van der Waals surface area contributed by atoms with Gasteiger partial charge in [0.15, 0.2) is 0 Å². The second-order valence-electron chi connectivity index (χ2n) is 4.46. The molecule has 1 N–H and O–H groups in total. The zero-order valence-corrected chi connectivity index (χ0v) is 9.54. The molecule has 0 fully saturated rings. The van der Waals surface area contributed by atoms with Gasteiger partial charge < -0.3 is 4.72 Å². The van der Waals surface area contributed by atoms with E-state index in [4.69, 9.17) is 0 Å². The first-order valence-electron chi connectivity index (χ1n) is 4.88. The molecule has 1 atom stereocenters. The zero-order chi connectivity index (χ0) is 9.90. The van der Waals surface area contributed by atoms with Crippen LogP contribution in [-0.2, 0) is 11.0 Å². The number of hydrogen-bond acceptors (Lipinski definition) is 1. The lowest BCUT2D eigenvalue weighted by atomic mass is 10.1. The highest BCUT2D eigenvalue weighted by molar-refractivity contribution is 7.84. The molecule has 1 aliphatic rings. The molecule has 0 aromatic heterocycles. The van der Waals surface area contributed by atoms with Gasteiger partial charge in [-0.3, -0.25) is 0 Å². The third-order valence-electron chi connectivity index (χ3n) is 2.07. The van der Waals surface area contributed by atoms with Crippen LogP contribution in [0.2, 0.25) is 0 Å². The normalized spacial score (nSPS) is 20.7. The average Bonchev–Trinajstić information content (AvgIpc) is 2.04. The van der Waals surface area contributed by atoms with Crippen LogP contribution in [0.4, 0.5) is 0 Å². The van der Waals surface area contributed by atoms with Crippen LogP contribution in [0.3, 0.4) is 0 Å². The van der Waals surface area contributed by atoms with Crippen molar-refractivity contribution in [2.45, 2.75) is 51.2 Å². The third kappa shape index (κ3) is 3.51. The Hall–Kier alpha value is -0.310. The lowest BCUT2D eigenvalue weighted by Gasteiger charge is -2.21. The van der Waals surface area contributed by atoms with Gasteiger partial charge in [0.25, 0.3) is 0 Å². The first-order chi connectivity index (χ1) is 6.00. The number of hydrogen-bond donors (Lipinski definition) is 1. The lowest BCUT2D eigenvalue weighted by Crippen LogP contribution is -2.33. The Morgan fingerprint density at radius 1 is 1.38 bits per heavy atom. The number of nitrogens with one attached hydrogen (secondary N) is 1. The first-order valence-corrected chi connectivity index (χ1v) is 6.03. The fourth-order valence-corrected chi connectivity index (χ4v) is 1.93. The predicted molar refractivity (Wildman–Crippen MR) is 57.6 cm³/mol. The lowest BCUT2D eigenvalue weighted by molar-refractivity contribution is 0.631. The molecule has 0 heterocycles. The third-order valence-corrected chi connectivity index (χ3v) is 3.63. The molecule has 13 heavy (non-hydrogen) atoms. The molecule has 0 saturated carbocycles. The van der Waals surface area contributed by atoms with Crippen molar-refractivity contribution < 1.29 is 4.21 Å². The predicted octanol–water partition coefficient (Wildman–Crippen LogP) is 2.50. The van der Waals surface area contributed by atoms with E-state index in [0.29, 0.717) is 0 Å². The molecular formula is C10H19NOS. The summed E-state index contributed by atoms with van der Waals surface area (Å²) < 4.78 is 14.6. The van der Waals surface area contributed by atoms with Crippen molar-refractivity contribution in [3.05, 3.63) is 11.8 Å². The van der Waals surface area contributed by atoms with Gasteiger partial charge in [-0.2, -0.15) is 0 Å². The minimum absolute atomic E-state index is 0.168. The molecular weight excluding hydrogens is 182 g/mol. The van der Waals surface area contributed by atoms with Crippen molar-refractivity contribution in [2.24, 2.45) is 0 Å². The molecule has 3 heteroatoms. The van der Waals surface area contributed by atoms with E-state index in [9.17, 15) is 4.21 Å². The van der Waals surface area contributed by atoms with Crippen molar-refractivity contribution >= 4 is 11.0 Å². The maximum Gasteiger partial charge on any atom is 0.122 e. The van der Waals surface area contributed by atoms with Gasteiger partial charge in [-0.05, 0) is 46.5 Å². The molecule has 0 spiro atoms. The molecule has 0 amide bonds. The van der Waals surface area contributed by atoms with Crippen LogP contribution in [-0.4, -0.2) is 8.96 Å². The molecule has 0 aromatic carbocycles. The van der Waals surface area contributed by atoms with Gasteiger partial charge in [-0.25, -0.2) is 4.21 Å². The highest BCUT2D eigenvalue weighted by atomic mass is 32.2. The summed E-state index contributed by atoms with van der Waals surface area (Å²) in [5.41, 5.74) is 1.17.